The second kappa shape index (κ2) is 5.23. The minimum Gasteiger partial charge on any atom is -0.343 e. The first kappa shape index (κ1) is 10.6. The summed E-state index contributed by atoms with van der Waals surface area (Å²) in [4.78, 5) is 6.36. The second-order valence-electron chi connectivity index (χ2n) is 4.25. The zero-order chi connectivity index (χ0) is 10.5. The van der Waals surface area contributed by atoms with E-state index in [-0.39, 0.29) is 0 Å². The van der Waals surface area contributed by atoms with Crippen molar-refractivity contribution in [2.24, 2.45) is 5.92 Å². The van der Waals surface area contributed by atoms with Crippen LogP contribution in [0.5, 0.6) is 0 Å². The number of nitrogens with one attached hydrogen (secondary N) is 1. The van der Waals surface area contributed by atoms with E-state index in [1.54, 1.807) is 0 Å². The Morgan fingerprint density at radius 2 is 2.60 bits per heavy atom. The first-order valence-corrected chi connectivity index (χ1v) is 5.49. The van der Waals surface area contributed by atoms with Gasteiger partial charge in [0.05, 0.1) is 6.54 Å². The highest BCUT2D eigenvalue weighted by Gasteiger charge is 2.16. The predicted octanol–water partition coefficient (Wildman–Crippen LogP) is 0.501. The van der Waals surface area contributed by atoms with Crippen LogP contribution >= 0.6 is 0 Å². The van der Waals surface area contributed by atoms with E-state index in [9.17, 15) is 0 Å². The van der Waals surface area contributed by atoms with Crippen molar-refractivity contribution >= 4 is 0 Å². The smallest absolute Gasteiger partial charge is 0.213 e. The summed E-state index contributed by atoms with van der Waals surface area (Å²) >= 11 is 0. The fourth-order valence-electron chi connectivity index (χ4n) is 2.10. The van der Waals surface area contributed by atoms with Gasteiger partial charge in [-0.3, -0.25) is 0 Å². The molecule has 1 saturated heterocycles. The molecule has 0 aliphatic carbocycles. The molecule has 2 heterocycles. The number of nitrogens with zero attached hydrogens (tertiary/aromatic N) is 3. The lowest BCUT2D eigenvalue weighted by molar-refractivity contribution is 0.206. The van der Waals surface area contributed by atoms with Crippen LogP contribution in [-0.4, -0.2) is 41.7 Å². The van der Waals surface area contributed by atoms with Gasteiger partial charge in [-0.15, -0.1) is 0 Å². The molecule has 1 aliphatic rings. The van der Waals surface area contributed by atoms with Crippen LogP contribution in [0.1, 0.15) is 18.7 Å². The molecule has 0 aromatic carbocycles. The maximum atomic E-state index is 4.66. The Bertz CT molecular complexity index is 275. The molecule has 1 unspecified atom stereocenters. The fourth-order valence-corrected chi connectivity index (χ4v) is 2.10. The van der Waals surface area contributed by atoms with Gasteiger partial charge in [0.2, 0.25) is 6.39 Å². The third kappa shape index (κ3) is 3.28. The van der Waals surface area contributed by atoms with E-state index in [1.165, 1.54) is 32.3 Å². The molecule has 1 aromatic heterocycles. The lowest BCUT2D eigenvalue weighted by Gasteiger charge is -2.29. The standard InChI is InChI=1S/C10H18N4O/c1-14-4-2-3-9(7-14)5-11-6-10-12-8-15-13-10/h8-9,11H,2-7H2,1H3. The van der Waals surface area contributed by atoms with E-state index in [1.807, 2.05) is 0 Å². The molecule has 0 radical (unpaired) electrons. The minimum atomic E-state index is 0.705. The lowest BCUT2D eigenvalue weighted by atomic mass is 9.98. The van der Waals surface area contributed by atoms with Crippen LogP contribution in [0.3, 0.4) is 0 Å². The van der Waals surface area contributed by atoms with Gasteiger partial charge in [0, 0.05) is 6.54 Å². The topological polar surface area (TPSA) is 54.2 Å². The van der Waals surface area contributed by atoms with Crippen molar-refractivity contribution in [3.63, 3.8) is 0 Å². The average molecular weight is 210 g/mol. The summed E-state index contributed by atoms with van der Waals surface area (Å²) in [5.41, 5.74) is 0. The van der Waals surface area contributed by atoms with Gasteiger partial charge in [-0.2, -0.15) is 4.98 Å². The summed E-state index contributed by atoms with van der Waals surface area (Å²) in [5, 5.41) is 7.12. The molecule has 1 aromatic rings. The van der Waals surface area contributed by atoms with E-state index < -0.39 is 0 Å². The Morgan fingerprint density at radius 1 is 1.67 bits per heavy atom. The first-order chi connectivity index (χ1) is 7.34. The van der Waals surface area contributed by atoms with E-state index in [0.29, 0.717) is 6.54 Å². The number of rotatable bonds is 4. The molecular weight excluding hydrogens is 192 g/mol. The monoisotopic (exact) mass is 210 g/mol. The number of hydrogen-bond acceptors (Lipinski definition) is 5. The van der Waals surface area contributed by atoms with E-state index in [2.05, 4.69) is 31.9 Å². The molecule has 0 spiro atoms. The summed E-state index contributed by atoms with van der Waals surface area (Å²) in [6.45, 7) is 4.18. The Balaban J connectivity index is 1.65. The molecule has 1 aliphatic heterocycles. The van der Waals surface area contributed by atoms with Crippen molar-refractivity contribution in [2.45, 2.75) is 19.4 Å². The Labute approximate surface area is 89.8 Å². The van der Waals surface area contributed by atoms with Gasteiger partial charge in [0.25, 0.3) is 0 Å². The molecule has 1 atom stereocenters. The SMILES string of the molecule is CN1CCCC(CNCc2ncon2)C1. The highest BCUT2D eigenvalue weighted by molar-refractivity contribution is 4.78. The van der Waals surface area contributed by atoms with Gasteiger partial charge in [0.15, 0.2) is 5.82 Å². The fraction of sp³-hybridized carbons (Fsp3) is 0.800. The van der Waals surface area contributed by atoms with Crippen LogP contribution < -0.4 is 5.32 Å². The van der Waals surface area contributed by atoms with Crippen LogP contribution in [0, 0.1) is 5.92 Å². The van der Waals surface area contributed by atoms with Gasteiger partial charge in [0.1, 0.15) is 0 Å². The zero-order valence-electron chi connectivity index (χ0n) is 9.15. The molecule has 84 valence electrons. The van der Waals surface area contributed by atoms with Crippen molar-refractivity contribution in [1.29, 1.82) is 0 Å². The average Bonchev–Trinajstić information content (AvgIpc) is 2.71. The third-order valence-electron chi connectivity index (χ3n) is 2.85. The maximum Gasteiger partial charge on any atom is 0.213 e. The molecule has 15 heavy (non-hydrogen) atoms. The first-order valence-electron chi connectivity index (χ1n) is 5.49. The van der Waals surface area contributed by atoms with Gasteiger partial charge in [-0.1, -0.05) is 5.16 Å². The molecule has 1 N–H and O–H groups in total. The highest BCUT2D eigenvalue weighted by atomic mass is 16.5. The number of hydrogen-bond donors (Lipinski definition) is 1. The van der Waals surface area contributed by atoms with E-state index in [0.717, 1.165) is 18.3 Å². The Hall–Kier alpha value is -0.940. The van der Waals surface area contributed by atoms with Crippen LogP contribution in [-0.2, 0) is 6.54 Å². The minimum absolute atomic E-state index is 0.705. The molecule has 5 heteroatoms. The second-order valence-corrected chi connectivity index (χ2v) is 4.25. The summed E-state index contributed by atoms with van der Waals surface area (Å²) in [7, 11) is 2.19. The van der Waals surface area contributed by atoms with Crippen molar-refractivity contribution in [1.82, 2.24) is 20.4 Å². The van der Waals surface area contributed by atoms with Gasteiger partial charge >= 0.3 is 0 Å². The summed E-state index contributed by atoms with van der Waals surface area (Å²) in [6, 6.07) is 0. The molecule has 2 rings (SSSR count). The molecule has 0 saturated carbocycles. The summed E-state index contributed by atoms with van der Waals surface area (Å²) < 4.78 is 4.66. The molecule has 0 amide bonds. The molecule has 0 bridgehead atoms. The quantitative estimate of drug-likeness (QED) is 0.784. The van der Waals surface area contributed by atoms with Crippen molar-refractivity contribution < 1.29 is 4.52 Å². The number of aromatic nitrogens is 2. The van der Waals surface area contributed by atoms with Crippen molar-refractivity contribution in [3.8, 4) is 0 Å². The van der Waals surface area contributed by atoms with Crippen molar-refractivity contribution in [3.05, 3.63) is 12.2 Å². The summed E-state index contributed by atoms with van der Waals surface area (Å²) in [5.74, 6) is 1.50. The van der Waals surface area contributed by atoms with E-state index >= 15 is 0 Å². The van der Waals surface area contributed by atoms with Crippen LogP contribution in [0.15, 0.2) is 10.9 Å². The molecular formula is C10H18N4O. The summed E-state index contributed by atoms with van der Waals surface area (Å²) in [6.07, 6.45) is 4.00. The van der Waals surface area contributed by atoms with Crippen molar-refractivity contribution in [2.75, 3.05) is 26.7 Å². The normalized spacial score (nSPS) is 23.1. The van der Waals surface area contributed by atoms with E-state index in [4.69, 9.17) is 0 Å². The molecule has 1 fully saturated rings. The zero-order valence-corrected chi connectivity index (χ0v) is 9.15. The van der Waals surface area contributed by atoms with Gasteiger partial charge in [-0.25, -0.2) is 0 Å². The Morgan fingerprint density at radius 3 is 3.33 bits per heavy atom. The third-order valence-corrected chi connectivity index (χ3v) is 2.85. The van der Waals surface area contributed by atoms with Gasteiger partial charge < -0.3 is 14.7 Å². The Kier molecular flexibility index (Phi) is 3.69. The largest absolute Gasteiger partial charge is 0.343 e. The van der Waals surface area contributed by atoms with Gasteiger partial charge in [-0.05, 0) is 38.9 Å². The predicted molar refractivity (Wildman–Crippen MR) is 56.2 cm³/mol. The van der Waals surface area contributed by atoms with Crippen LogP contribution in [0.25, 0.3) is 0 Å². The highest BCUT2D eigenvalue weighted by Crippen LogP contribution is 2.13. The molecule has 5 nitrogen and oxygen atoms in total. The number of likely N-dealkylation sites (tertiary alicyclic amines) is 1. The maximum absolute atomic E-state index is 4.66. The lowest BCUT2D eigenvalue weighted by Crippen LogP contribution is -2.37. The van der Waals surface area contributed by atoms with Crippen LogP contribution in [0.4, 0.5) is 0 Å². The van der Waals surface area contributed by atoms with Crippen LogP contribution in [0.2, 0.25) is 0 Å². The number of piperidine rings is 1.